The zero-order chi connectivity index (χ0) is 36.7. The van der Waals surface area contributed by atoms with Crippen molar-refractivity contribution in [2.24, 2.45) is 0 Å². The Hall–Kier alpha value is -6.88. The molecule has 0 spiro atoms. The quantitative estimate of drug-likeness (QED) is 0.176. The van der Waals surface area contributed by atoms with Crippen LogP contribution in [0.5, 0.6) is 0 Å². The Kier molecular flexibility index (Phi) is 6.92. The van der Waals surface area contributed by atoms with Gasteiger partial charge in [0.15, 0.2) is 5.58 Å². The van der Waals surface area contributed by atoms with Crippen molar-refractivity contribution < 1.29 is 4.42 Å². The van der Waals surface area contributed by atoms with Crippen LogP contribution in [0.4, 0.5) is 17.1 Å². The highest BCUT2D eigenvalue weighted by Crippen LogP contribution is 2.45. The van der Waals surface area contributed by atoms with Crippen molar-refractivity contribution >= 4 is 98.4 Å². The lowest BCUT2D eigenvalue weighted by atomic mass is 9.94. The van der Waals surface area contributed by atoms with E-state index < -0.39 is 0 Å². The first kappa shape index (κ1) is 31.5. The molecule has 11 aromatic rings. The Labute approximate surface area is 327 Å². The zero-order valence-electron chi connectivity index (χ0n) is 30.4. The van der Waals surface area contributed by atoms with Crippen molar-refractivity contribution in [3.05, 3.63) is 187 Å². The number of hydrogen-bond acceptors (Lipinski definition) is 3. The number of nitrogens with zero attached hydrogens (tertiary/aromatic N) is 2. The maximum absolute atomic E-state index is 6.64. The monoisotopic (exact) mass is 734 g/mol. The van der Waals surface area contributed by atoms with Gasteiger partial charge in [0.2, 0.25) is 0 Å². The molecular formula is C52H34N2OS. The van der Waals surface area contributed by atoms with Gasteiger partial charge in [0.1, 0.15) is 5.58 Å². The van der Waals surface area contributed by atoms with Crippen LogP contribution in [0.3, 0.4) is 0 Å². The Bertz CT molecular complexity index is 3380. The molecule has 0 amide bonds. The van der Waals surface area contributed by atoms with Crippen LogP contribution in [0.25, 0.3) is 86.8 Å². The molecule has 0 N–H and O–H groups in total. The van der Waals surface area contributed by atoms with E-state index in [4.69, 9.17) is 4.42 Å². The third kappa shape index (κ3) is 4.76. The summed E-state index contributed by atoms with van der Waals surface area (Å²) in [7, 11) is 0. The molecule has 1 aliphatic rings. The number of furan rings is 1. The summed E-state index contributed by atoms with van der Waals surface area (Å²) in [5, 5.41) is 7.43. The van der Waals surface area contributed by atoms with Crippen LogP contribution < -0.4 is 4.90 Å². The van der Waals surface area contributed by atoms with Crippen LogP contribution >= 0.6 is 11.3 Å². The van der Waals surface area contributed by atoms with Gasteiger partial charge in [-0.1, -0.05) is 121 Å². The van der Waals surface area contributed by atoms with Gasteiger partial charge in [-0.05, 0) is 95.8 Å². The zero-order valence-corrected chi connectivity index (χ0v) is 31.3. The van der Waals surface area contributed by atoms with Crippen molar-refractivity contribution in [2.75, 3.05) is 4.90 Å². The third-order valence-corrected chi connectivity index (χ3v) is 12.8. The molecule has 0 radical (unpaired) electrons. The number of aromatic nitrogens is 1. The summed E-state index contributed by atoms with van der Waals surface area (Å²) in [4.78, 5) is 2.35. The fraction of sp³-hybridized carbons (Fsp3) is 0.0385. The highest BCUT2D eigenvalue weighted by Gasteiger charge is 2.22. The summed E-state index contributed by atoms with van der Waals surface area (Å²) in [5.74, 6) is 0. The van der Waals surface area contributed by atoms with E-state index in [9.17, 15) is 0 Å². The van der Waals surface area contributed by atoms with E-state index >= 15 is 0 Å². The average molecular weight is 735 g/mol. The van der Waals surface area contributed by atoms with Crippen LogP contribution in [-0.2, 0) is 6.42 Å². The molecule has 4 heteroatoms. The Balaban J connectivity index is 1.00. The molecule has 264 valence electrons. The van der Waals surface area contributed by atoms with Crippen molar-refractivity contribution in [2.45, 2.75) is 12.8 Å². The number of para-hydroxylation sites is 3. The molecule has 0 fully saturated rings. The molecule has 0 unspecified atom stereocenters. The molecule has 8 aromatic carbocycles. The van der Waals surface area contributed by atoms with Crippen LogP contribution in [0.2, 0.25) is 0 Å². The fourth-order valence-electron chi connectivity index (χ4n) is 9.08. The van der Waals surface area contributed by atoms with Crippen LogP contribution in [-0.4, -0.2) is 4.57 Å². The lowest BCUT2D eigenvalue weighted by Gasteiger charge is -2.26. The van der Waals surface area contributed by atoms with Gasteiger partial charge in [0.25, 0.3) is 0 Å². The first-order chi connectivity index (χ1) is 27.8. The summed E-state index contributed by atoms with van der Waals surface area (Å²) in [6.45, 7) is 0. The standard InChI is InChI=1S/C52H34N2OS/c1-2-14-39-34(11-1)25-29-44-40-15-3-6-19-46(40)54(51(39)44)37-13-9-12-35(31-37)33-23-26-36(27-24-33)53(38-28-30-43-42-17-5-8-22-49(42)56-50(43)32-38)47-20-10-18-45-41-16-4-7-21-48(41)55-52(45)47/h1,3-13,15-32H,2,14H2. The summed E-state index contributed by atoms with van der Waals surface area (Å²) >= 11 is 1.84. The number of fused-ring (bicyclic) bond motifs is 11. The minimum Gasteiger partial charge on any atom is -0.454 e. The van der Waals surface area contributed by atoms with Crippen molar-refractivity contribution in [1.82, 2.24) is 4.57 Å². The number of hydrogen-bond donors (Lipinski definition) is 0. The van der Waals surface area contributed by atoms with Gasteiger partial charge in [-0.15, -0.1) is 11.3 Å². The summed E-state index contributed by atoms with van der Waals surface area (Å²) in [5.41, 5.74) is 13.8. The minimum atomic E-state index is 0.880. The van der Waals surface area contributed by atoms with Gasteiger partial charge < -0.3 is 13.9 Å². The lowest BCUT2D eigenvalue weighted by Crippen LogP contribution is -2.10. The van der Waals surface area contributed by atoms with E-state index in [-0.39, 0.29) is 0 Å². The van der Waals surface area contributed by atoms with Crippen LogP contribution in [0.1, 0.15) is 17.5 Å². The van der Waals surface area contributed by atoms with Crippen LogP contribution in [0.15, 0.2) is 180 Å². The van der Waals surface area contributed by atoms with Gasteiger partial charge in [-0.3, -0.25) is 0 Å². The number of aryl methyl sites for hydroxylation is 1. The molecule has 0 saturated carbocycles. The SMILES string of the molecule is C1=Cc2ccc3c4ccccc4n(-c4cccc(-c5ccc(N(c6ccc7c(c6)sc6ccccc67)c6cccc7c6oc6ccccc67)cc5)c4)c3c2CC1. The average Bonchev–Trinajstić information content (AvgIpc) is 3.94. The van der Waals surface area contributed by atoms with Gasteiger partial charge in [-0.2, -0.15) is 0 Å². The maximum Gasteiger partial charge on any atom is 0.159 e. The van der Waals surface area contributed by atoms with Gasteiger partial charge in [0, 0.05) is 58.8 Å². The Morgan fingerprint density at radius 3 is 2.21 bits per heavy atom. The molecule has 3 nitrogen and oxygen atoms in total. The summed E-state index contributed by atoms with van der Waals surface area (Å²) in [6.07, 6.45) is 6.71. The molecule has 0 atom stereocenters. The third-order valence-electron chi connectivity index (χ3n) is 11.6. The molecule has 0 saturated heterocycles. The van der Waals surface area contributed by atoms with E-state index in [1.54, 1.807) is 0 Å². The second kappa shape index (κ2) is 12.3. The van der Waals surface area contributed by atoms with E-state index in [2.05, 4.69) is 185 Å². The van der Waals surface area contributed by atoms with E-state index in [1.807, 2.05) is 17.4 Å². The highest BCUT2D eigenvalue weighted by molar-refractivity contribution is 7.25. The lowest BCUT2D eigenvalue weighted by molar-refractivity contribution is 0.669. The predicted octanol–water partition coefficient (Wildman–Crippen LogP) is 15.1. The molecular weight excluding hydrogens is 701 g/mol. The Morgan fingerprint density at radius 1 is 0.536 bits per heavy atom. The fourth-order valence-corrected chi connectivity index (χ4v) is 10.2. The number of benzene rings is 8. The first-order valence-electron chi connectivity index (χ1n) is 19.3. The highest BCUT2D eigenvalue weighted by atomic mass is 32.1. The molecule has 1 aliphatic carbocycles. The van der Waals surface area contributed by atoms with Gasteiger partial charge in [0.05, 0.1) is 16.7 Å². The Morgan fingerprint density at radius 2 is 1.29 bits per heavy atom. The summed E-state index contributed by atoms with van der Waals surface area (Å²) in [6, 6.07) is 61.8. The predicted molar refractivity (Wildman–Crippen MR) is 238 cm³/mol. The minimum absolute atomic E-state index is 0.880. The van der Waals surface area contributed by atoms with Gasteiger partial charge >= 0.3 is 0 Å². The molecule has 3 heterocycles. The molecule has 3 aromatic heterocycles. The molecule has 0 aliphatic heterocycles. The first-order valence-corrected chi connectivity index (χ1v) is 20.1. The van der Waals surface area contributed by atoms with Crippen molar-refractivity contribution in [1.29, 1.82) is 0 Å². The second-order valence-corrected chi connectivity index (χ2v) is 15.9. The number of anilines is 3. The topological polar surface area (TPSA) is 21.3 Å². The molecule has 0 bridgehead atoms. The van der Waals surface area contributed by atoms with E-state index in [0.29, 0.717) is 0 Å². The van der Waals surface area contributed by atoms with Crippen LogP contribution in [0, 0.1) is 0 Å². The summed E-state index contributed by atoms with van der Waals surface area (Å²) < 4.78 is 11.7. The second-order valence-electron chi connectivity index (χ2n) is 14.8. The van der Waals surface area contributed by atoms with Crippen molar-refractivity contribution in [3.8, 4) is 16.8 Å². The molecule has 12 rings (SSSR count). The number of allylic oxidation sites excluding steroid dienone is 1. The largest absolute Gasteiger partial charge is 0.454 e. The van der Waals surface area contributed by atoms with E-state index in [1.165, 1.54) is 69.9 Å². The van der Waals surface area contributed by atoms with E-state index in [0.717, 1.165) is 51.8 Å². The number of rotatable bonds is 5. The van der Waals surface area contributed by atoms with Gasteiger partial charge in [-0.25, -0.2) is 0 Å². The maximum atomic E-state index is 6.64. The molecule has 56 heavy (non-hydrogen) atoms. The normalized spacial score (nSPS) is 12.8. The smallest absolute Gasteiger partial charge is 0.159 e. The van der Waals surface area contributed by atoms with Crippen molar-refractivity contribution in [3.63, 3.8) is 0 Å². The number of thiophene rings is 1.